The molecular formula is C11H19NO6S. The molecule has 0 aromatic rings. The highest BCUT2D eigenvalue weighted by atomic mass is 32.2. The first-order valence-electron chi connectivity index (χ1n) is 6.22. The number of sulfonamides is 1. The van der Waals surface area contributed by atoms with E-state index < -0.39 is 28.0 Å². The monoisotopic (exact) mass is 293 g/mol. The molecule has 1 aliphatic carbocycles. The Kier molecular flexibility index (Phi) is 5.74. The van der Waals surface area contributed by atoms with Crippen molar-refractivity contribution in [3.05, 3.63) is 0 Å². The molecule has 7 nitrogen and oxygen atoms in total. The van der Waals surface area contributed by atoms with Crippen LogP contribution in [0, 0.1) is 5.92 Å². The summed E-state index contributed by atoms with van der Waals surface area (Å²) >= 11 is 0. The summed E-state index contributed by atoms with van der Waals surface area (Å²) in [4.78, 5) is 22.1. The van der Waals surface area contributed by atoms with Crippen LogP contribution in [0.5, 0.6) is 0 Å². The van der Waals surface area contributed by atoms with E-state index in [1.807, 2.05) is 0 Å². The molecule has 8 heteroatoms. The van der Waals surface area contributed by atoms with Crippen LogP contribution < -0.4 is 4.72 Å². The molecule has 2 N–H and O–H groups in total. The summed E-state index contributed by atoms with van der Waals surface area (Å²) in [6, 6.07) is -1.28. The largest absolute Gasteiger partial charge is 0.480 e. The minimum Gasteiger partial charge on any atom is -0.480 e. The van der Waals surface area contributed by atoms with Crippen LogP contribution >= 0.6 is 0 Å². The van der Waals surface area contributed by atoms with Gasteiger partial charge in [-0.1, -0.05) is 0 Å². The lowest BCUT2D eigenvalue weighted by molar-refractivity contribution is -0.144. The van der Waals surface area contributed by atoms with E-state index in [9.17, 15) is 18.0 Å². The molecule has 0 aliphatic heterocycles. The third kappa shape index (κ3) is 6.53. The lowest BCUT2D eigenvalue weighted by atomic mass is 10.2. The molecule has 110 valence electrons. The Morgan fingerprint density at radius 1 is 1.42 bits per heavy atom. The maximum Gasteiger partial charge on any atom is 0.321 e. The van der Waals surface area contributed by atoms with Gasteiger partial charge in [0.25, 0.3) is 0 Å². The Morgan fingerprint density at radius 3 is 2.53 bits per heavy atom. The second-order valence-electron chi connectivity index (χ2n) is 4.58. The standard InChI is InChI=1S/C11H19NO6S/c1-2-18-10(13)6-5-9(11(14)15)12-19(16,17)7-8-3-4-8/h8-9,12H,2-7H2,1H3,(H,14,15)/t9-/m0/s1. The first-order valence-corrected chi connectivity index (χ1v) is 7.87. The molecule has 0 spiro atoms. The maximum absolute atomic E-state index is 11.7. The van der Waals surface area contributed by atoms with Gasteiger partial charge in [-0.25, -0.2) is 13.1 Å². The van der Waals surface area contributed by atoms with Gasteiger partial charge in [0.05, 0.1) is 12.4 Å². The van der Waals surface area contributed by atoms with Crippen LogP contribution in [0.1, 0.15) is 32.6 Å². The first kappa shape index (κ1) is 15.9. The van der Waals surface area contributed by atoms with Crippen LogP contribution in [0.25, 0.3) is 0 Å². The number of aliphatic carboxylic acids is 1. The maximum atomic E-state index is 11.7. The van der Waals surface area contributed by atoms with Crippen molar-refractivity contribution in [2.45, 2.75) is 38.6 Å². The number of carbonyl (C=O) groups is 2. The van der Waals surface area contributed by atoms with E-state index in [1.165, 1.54) is 0 Å². The lowest BCUT2D eigenvalue weighted by Gasteiger charge is -2.14. The minimum atomic E-state index is -3.61. The van der Waals surface area contributed by atoms with Crippen molar-refractivity contribution in [3.63, 3.8) is 0 Å². The van der Waals surface area contributed by atoms with Gasteiger partial charge >= 0.3 is 11.9 Å². The predicted octanol–water partition coefficient (Wildman–Crippen LogP) is 0.112. The summed E-state index contributed by atoms with van der Waals surface area (Å²) in [5, 5.41) is 8.95. The van der Waals surface area contributed by atoms with Crippen molar-refractivity contribution in [2.75, 3.05) is 12.4 Å². The second kappa shape index (κ2) is 6.85. The highest BCUT2D eigenvalue weighted by Gasteiger charge is 2.31. The summed E-state index contributed by atoms with van der Waals surface area (Å²) in [6.07, 6.45) is 1.48. The topological polar surface area (TPSA) is 110 Å². The molecule has 0 aromatic carbocycles. The fourth-order valence-corrected chi connectivity index (χ4v) is 3.29. The van der Waals surface area contributed by atoms with Gasteiger partial charge in [0.2, 0.25) is 10.0 Å². The molecule has 0 bridgehead atoms. The lowest BCUT2D eigenvalue weighted by Crippen LogP contribution is -2.42. The summed E-state index contributed by atoms with van der Waals surface area (Å²) in [5.41, 5.74) is 0. The number of hydrogen-bond donors (Lipinski definition) is 2. The van der Waals surface area contributed by atoms with Crippen LogP contribution in [0.3, 0.4) is 0 Å². The zero-order valence-electron chi connectivity index (χ0n) is 10.8. The van der Waals surface area contributed by atoms with Gasteiger partial charge in [0.1, 0.15) is 6.04 Å². The molecule has 19 heavy (non-hydrogen) atoms. The molecule has 0 heterocycles. The highest BCUT2D eigenvalue weighted by molar-refractivity contribution is 7.89. The van der Waals surface area contributed by atoms with E-state index in [4.69, 9.17) is 5.11 Å². The van der Waals surface area contributed by atoms with Gasteiger partial charge in [0.15, 0.2) is 0 Å². The quantitative estimate of drug-likeness (QED) is 0.584. The fourth-order valence-electron chi connectivity index (χ4n) is 1.59. The van der Waals surface area contributed by atoms with Crippen LogP contribution in [-0.2, 0) is 24.3 Å². The van der Waals surface area contributed by atoms with E-state index in [1.54, 1.807) is 6.92 Å². The number of esters is 1. The molecule has 1 fully saturated rings. The van der Waals surface area contributed by atoms with Gasteiger partial charge in [-0.3, -0.25) is 9.59 Å². The summed E-state index contributed by atoms with van der Waals surface area (Å²) in [5.74, 6) is -1.73. The molecular weight excluding hydrogens is 274 g/mol. The third-order valence-electron chi connectivity index (χ3n) is 2.71. The van der Waals surface area contributed by atoms with Crippen molar-refractivity contribution in [1.82, 2.24) is 4.72 Å². The number of carboxylic acids is 1. The third-order valence-corrected chi connectivity index (χ3v) is 4.27. The molecule has 0 unspecified atom stereocenters. The average molecular weight is 293 g/mol. The molecule has 0 saturated heterocycles. The van der Waals surface area contributed by atoms with Gasteiger partial charge in [0, 0.05) is 6.42 Å². The summed E-state index contributed by atoms with van der Waals surface area (Å²) < 4.78 is 30.1. The Hall–Kier alpha value is -1.15. The Balaban J connectivity index is 2.47. The number of carbonyl (C=O) groups excluding carboxylic acids is 1. The smallest absolute Gasteiger partial charge is 0.321 e. The molecule has 0 radical (unpaired) electrons. The predicted molar refractivity (Wildman–Crippen MR) is 66.9 cm³/mol. The first-order chi connectivity index (χ1) is 8.84. The van der Waals surface area contributed by atoms with Crippen LogP contribution in [0.2, 0.25) is 0 Å². The van der Waals surface area contributed by atoms with E-state index in [2.05, 4.69) is 9.46 Å². The van der Waals surface area contributed by atoms with Crippen molar-refractivity contribution in [1.29, 1.82) is 0 Å². The number of rotatable bonds is 9. The Bertz CT molecular complexity index is 428. The van der Waals surface area contributed by atoms with E-state index >= 15 is 0 Å². The molecule has 1 rings (SSSR count). The zero-order chi connectivity index (χ0) is 14.5. The van der Waals surface area contributed by atoms with E-state index in [0.717, 1.165) is 12.8 Å². The number of nitrogens with one attached hydrogen (secondary N) is 1. The fraction of sp³-hybridized carbons (Fsp3) is 0.818. The molecule has 0 amide bonds. The van der Waals surface area contributed by atoms with Gasteiger partial charge in [-0.05, 0) is 32.1 Å². The Labute approximate surface area is 112 Å². The van der Waals surface area contributed by atoms with Gasteiger partial charge < -0.3 is 9.84 Å². The highest BCUT2D eigenvalue weighted by Crippen LogP contribution is 2.30. The van der Waals surface area contributed by atoms with E-state index in [0.29, 0.717) is 0 Å². The average Bonchev–Trinajstić information content (AvgIpc) is 3.07. The number of carboxylic acid groups (broad SMARTS) is 1. The van der Waals surface area contributed by atoms with Crippen molar-refractivity contribution >= 4 is 22.0 Å². The minimum absolute atomic E-state index is 0.0454. The van der Waals surface area contributed by atoms with Gasteiger partial charge in [-0.15, -0.1) is 0 Å². The molecule has 1 aliphatic rings. The van der Waals surface area contributed by atoms with Crippen molar-refractivity contribution < 1.29 is 27.9 Å². The van der Waals surface area contributed by atoms with Crippen molar-refractivity contribution in [3.8, 4) is 0 Å². The Morgan fingerprint density at radius 2 is 2.05 bits per heavy atom. The normalized spacial score (nSPS) is 16.9. The number of hydrogen-bond acceptors (Lipinski definition) is 5. The molecule has 0 aromatic heterocycles. The van der Waals surface area contributed by atoms with Crippen LogP contribution in [0.15, 0.2) is 0 Å². The van der Waals surface area contributed by atoms with E-state index in [-0.39, 0.29) is 31.1 Å². The number of ether oxygens (including phenoxy) is 1. The molecule has 1 saturated carbocycles. The van der Waals surface area contributed by atoms with Gasteiger partial charge in [-0.2, -0.15) is 0 Å². The summed E-state index contributed by atoms with van der Waals surface area (Å²) in [7, 11) is -3.61. The van der Waals surface area contributed by atoms with Crippen LogP contribution in [-0.4, -0.2) is 43.9 Å². The zero-order valence-corrected chi connectivity index (χ0v) is 11.6. The second-order valence-corrected chi connectivity index (χ2v) is 6.38. The van der Waals surface area contributed by atoms with Crippen LogP contribution in [0.4, 0.5) is 0 Å². The molecule has 1 atom stereocenters. The summed E-state index contributed by atoms with van der Waals surface area (Å²) in [6.45, 7) is 1.86. The van der Waals surface area contributed by atoms with Crippen molar-refractivity contribution in [2.24, 2.45) is 5.92 Å². The SMILES string of the molecule is CCOC(=O)CC[C@H](NS(=O)(=O)CC1CC1)C(=O)O.